The van der Waals surface area contributed by atoms with Gasteiger partial charge in [-0.25, -0.2) is 15.0 Å². The van der Waals surface area contributed by atoms with Gasteiger partial charge in [-0.2, -0.15) is 5.10 Å². The molecule has 1 fully saturated rings. The van der Waals surface area contributed by atoms with E-state index in [0.717, 1.165) is 27.7 Å². The van der Waals surface area contributed by atoms with E-state index in [0.29, 0.717) is 29.2 Å². The van der Waals surface area contributed by atoms with Crippen molar-refractivity contribution in [2.75, 3.05) is 23.9 Å². The minimum Gasteiger partial charge on any atom is -0.480 e. The Morgan fingerprint density at radius 2 is 1.86 bits per heavy atom. The average molecular weight is 388 g/mol. The second-order valence-electron chi connectivity index (χ2n) is 7.08. The number of rotatable bonds is 5. The summed E-state index contributed by atoms with van der Waals surface area (Å²) in [5.41, 5.74) is 16.6. The molecular formula is C20H20N8O. The summed E-state index contributed by atoms with van der Waals surface area (Å²) < 4.78 is 7.10. The Bertz CT molecular complexity index is 1210. The van der Waals surface area contributed by atoms with Gasteiger partial charge in [0.1, 0.15) is 0 Å². The van der Waals surface area contributed by atoms with Crippen LogP contribution in [0.1, 0.15) is 18.9 Å². The lowest BCUT2D eigenvalue weighted by atomic mass is 10.0. The van der Waals surface area contributed by atoms with Gasteiger partial charge in [0.05, 0.1) is 36.2 Å². The highest BCUT2D eigenvalue weighted by molar-refractivity contribution is 5.94. The van der Waals surface area contributed by atoms with E-state index >= 15 is 0 Å². The minimum absolute atomic E-state index is 0.392. The summed E-state index contributed by atoms with van der Waals surface area (Å²) in [7, 11) is 1.53. The minimum atomic E-state index is 0.392. The lowest BCUT2D eigenvalue weighted by molar-refractivity contribution is 0.400. The van der Waals surface area contributed by atoms with Crippen molar-refractivity contribution >= 4 is 33.9 Å². The van der Waals surface area contributed by atoms with Crippen molar-refractivity contribution in [2.45, 2.75) is 18.9 Å². The lowest BCUT2D eigenvalue weighted by Gasteiger charge is -2.10. The number of nitrogens with two attached hydrogens (primary N) is 2. The van der Waals surface area contributed by atoms with Crippen LogP contribution in [0.5, 0.6) is 5.88 Å². The number of hydrogen-bond donors (Lipinski definition) is 3. The number of methoxy groups -OCH3 is 1. The molecule has 29 heavy (non-hydrogen) atoms. The summed E-state index contributed by atoms with van der Waals surface area (Å²) in [5, 5.41) is 8.36. The smallest absolute Gasteiger partial charge is 0.236 e. The number of nitrogen functional groups attached to an aromatic ring is 2. The molecular weight excluding hydrogens is 368 g/mol. The highest BCUT2D eigenvalue weighted by atomic mass is 16.5. The van der Waals surface area contributed by atoms with E-state index in [-0.39, 0.29) is 0 Å². The van der Waals surface area contributed by atoms with Crippen molar-refractivity contribution in [3.63, 3.8) is 0 Å². The fraction of sp³-hybridized carbons (Fsp3) is 0.200. The molecule has 0 aliphatic heterocycles. The first-order valence-electron chi connectivity index (χ1n) is 9.28. The van der Waals surface area contributed by atoms with Crippen LogP contribution in [0, 0.1) is 0 Å². The van der Waals surface area contributed by atoms with Crippen molar-refractivity contribution in [3.05, 3.63) is 43.0 Å². The average Bonchev–Trinajstić information content (AvgIpc) is 3.47. The number of benzene rings is 1. The maximum atomic E-state index is 6.24. The number of aromatic nitrogens is 5. The van der Waals surface area contributed by atoms with Gasteiger partial charge in [0.2, 0.25) is 11.8 Å². The fourth-order valence-electron chi connectivity index (χ4n) is 3.26. The van der Waals surface area contributed by atoms with Crippen LogP contribution in [0.15, 0.2) is 43.0 Å². The molecule has 0 radical (unpaired) electrons. The number of anilines is 4. The van der Waals surface area contributed by atoms with Crippen molar-refractivity contribution < 1.29 is 4.74 Å². The summed E-state index contributed by atoms with van der Waals surface area (Å²) in [5.74, 6) is 0.875. The molecule has 0 spiro atoms. The van der Waals surface area contributed by atoms with Crippen LogP contribution in [0.2, 0.25) is 0 Å². The highest BCUT2D eigenvalue weighted by Gasteiger charge is 2.24. The highest BCUT2D eigenvalue weighted by Crippen LogP contribution is 2.35. The van der Waals surface area contributed by atoms with E-state index in [4.69, 9.17) is 16.2 Å². The molecule has 1 aliphatic carbocycles. The van der Waals surface area contributed by atoms with Gasteiger partial charge in [0, 0.05) is 35.2 Å². The number of pyridine rings is 1. The van der Waals surface area contributed by atoms with Gasteiger partial charge >= 0.3 is 0 Å². The first-order valence-corrected chi connectivity index (χ1v) is 9.28. The maximum absolute atomic E-state index is 6.24. The van der Waals surface area contributed by atoms with Crippen molar-refractivity contribution in [1.82, 2.24) is 24.7 Å². The van der Waals surface area contributed by atoms with Gasteiger partial charge in [-0.05, 0) is 36.6 Å². The second kappa shape index (κ2) is 6.62. The molecule has 1 saturated carbocycles. The van der Waals surface area contributed by atoms with Gasteiger partial charge in [-0.3, -0.25) is 4.68 Å². The van der Waals surface area contributed by atoms with Crippen LogP contribution in [-0.4, -0.2) is 31.8 Å². The van der Waals surface area contributed by atoms with Gasteiger partial charge < -0.3 is 21.5 Å². The molecule has 1 aliphatic rings. The zero-order chi connectivity index (χ0) is 20.0. The number of ether oxygens (including phenoxy) is 1. The van der Waals surface area contributed by atoms with Crippen molar-refractivity contribution in [2.24, 2.45) is 0 Å². The number of nitrogens with one attached hydrogen (secondary N) is 1. The van der Waals surface area contributed by atoms with Crippen LogP contribution < -0.4 is 21.5 Å². The Labute approximate surface area is 166 Å². The first kappa shape index (κ1) is 17.2. The summed E-state index contributed by atoms with van der Waals surface area (Å²) in [6.45, 7) is 0. The Morgan fingerprint density at radius 1 is 1.03 bits per heavy atom. The van der Waals surface area contributed by atoms with Crippen LogP contribution in [0.25, 0.3) is 22.0 Å². The molecule has 0 bridgehead atoms. The quantitative estimate of drug-likeness (QED) is 0.445. The largest absolute Gasteiger partial charge is 0.480 e. The zero-order valence-corrected chi connectivity index (χ0v) is 15.8. The van der Waals surface area contributed by atoms with Crippen LogP contribution >= 0.6 is 0 Å². The molecule has 9 nitrogen and oxygen atoms in total. The van der Waals surface area contributed by atoms with Crippen LogP contribution in [-0.2, 0) is 0 Å². The molecule has 1 aromatic carbocycles. The molecule has 3 heterocycles. The van der Waals surface area contributed by atoms with Gasteiger partial charge in [0.15, 0.2) is 0 Å². The lowest BCUT2D eigenvalue weighted by Crippen LogP contribution is -1.99. The number of nitrogens with zero attached hydrogens (tertiary/aromatic N) is 5. The molecule has 9 heteroatoms. The van der Waals surface area contributed by atoms with E-state index in [9.17, 15) is 0 Å². The Kier molecular flexibility index (Phi) is 3.94. The third-order valence-electron chi connectivity index (χ3n) is 4.92. The predicted octanol–water partition coefficient (Wildman–Crippen LogP) is 3.14. The predicted molar refractivity (Wildman–Crippen MR) is 112 cm³/mol. The van der Waals surface area contributed by atoms with E-state index in [1.807, 2.05) is 23.0 Å². The standard InChI is InChI=1S/C20H20N8O/c1-29-19-17(22)5-12(7-23-19)11-4-16(21)15-9-24-20(27-18(15)6-11)26-13-8-25-28(10-13)14-2-3-14/h4-10,14H,2-3,21-22H2,1H3,(H,24,26,27). The van der Waals surface area contributed by atoms with Gasteiger partial charge in [0.25, 0.3) is 0 Å². The maximum Gasteiger partial charge on any atom is 0.236 e. The van der Waals surface area contributed by atoms with Crippen molar-refractivity contribution in [3.8, 4) is 17.0 Å². The summed E-state index contributed by atoms with van der Waals surface area (Å²) in [6.07, 6.45) is 9.53. The van der Waals surface area contributed by atoms with E-state index in [2.05, 4.69) is 25.4 Å². The summed E-state index contributed by atoms with van der Waals surface area (Å²) in [6, 6.07) is 6.13. The zero-order valence-electron chi connectivity index (χ0n) is 15.8. The van der Waals surface area contributed by atoms with E-state index in [1.165, 1.54) is 20.0 Å². The third kappa shape index (κ3) is 3.27. The van der Waals surface area contributed by atoms with Gasteiger partial charge in [-0.1, -0.05) is 0 Å². The topological polar surface area (TPSA) is 130 Å². The van der Waals surface area contributed by atoms with Gasteiger partial charge in [-0.15, -0.1) is 0 Å². The molecule has 0 amide bonds. The summed E-state index contributed by atoms with van der Waals surface area (Å²) in [4.78, 5) is 13.2. The molecule has 146 valence electrons. The Morgan fingerprint density at radius 3 is 2.62 bits per heavy atom. The second-order valence-corrected chi connectivity index (χ2v) is 7.08. The Hall–Kier alpha value is -3.88. The SMILES string of the molecule is COc1ncc(-c2cc(N)c3cnc(Nc4cnn(C5CC5)c4)nc3c2)cc1N. The molecule has 3 aromatic heterocycles. The normalized spacial score (nSPS) is 13.6. The van der Waals surface area contributed by atoms with E-state index < -0.39 is 0 Å². The van der Waals surface area contributed by atoms with Crippen molar-refractivity contribution in [1.29, 1.82) is 0 Å². The first-order chi connectivity index (χ1) is 14.1. The fourth-order valence-corrected chi connectivity index (χ4v) is 3.26. The third-order valence-corrected chi connectivity index (χ3v) is 4.92. The van der Waals surface area contributed by atoms with Crippen LogP contribution in [0.4, 0.5) is 23.0 Å². The monoisotopic (exact) mass is 388 g/mol. The van der Waals surface area contributed by atoms with Crippen LogP contribution in [0.3, 0.4) is 0 Å². The molecule has 0 saturated heterocycles. The summed E-state index contributed by atoms with van der Waals surface area (Å²) >= 11 is 0. The van der Waals surface area contributed by atoms with E-state index in [1.54, 1.807) is 24.7 Å². The number of hydrogen-bond acceptors (Lipinski definition) is 8. The Balaban J connectivity index is 1.49. The number of fused-ring (bicyclic) bond motifs is 1. The molecule has 0 unspecified atom stereocenters. The molecule has 0 atom stereocenters. The molecule has 5 N–H and O–H groups in total. The molecule has 5 rings (SSSR count). The molecule has 4 aromatic rings.